The standard InChI is InChI=1S/C6H9F5N3OP3/c1-2-3-4-15-14-17-12-16-13-18(14)6(10,11)5(7,8)9/h3-4,13,16H,2H2,1H3. The summed E-state index contributed by atoms with van der Waals surface area (Å²) in [5.41, 5.74) is -4.86. The van der Waals surface area contributed by atoms with Crippen molar-refractivity contribution in [2.45, 2.75) is 25.2 Å². The zero-order chi connectivity index (χ0) is 13.8. The van der Waals surface area contributed by atoms with Gasteiger partial charge >= 0.3 is 11.8 Å². The number of nitrogens with one attached hydrogen (secondary N) is 1. The molecule has 104 valence electrons. The van der Waals surface area contributed by atoms with E-state index in [0.29, 0.717) is 10.7 Å². The predicted octanol–water partition coefficient (Wildman–Crippen LogP) is 4.40. The second-order valence-corrected chi connectivity index (χ2v) is 7.23. The fraction of sp³-hybridized carbons (Fsp3) is 0.667. The zero-order valence-corrected chi connectivity index (χ0v) is 11.7. The van der Waals surface area contributed by atoms with E-state index in [1.165, 1.54) is 6.08 Å². The van der Waals surface area contributed by atoms with E-state index in [2.05, 4.69) is 9.02 Å². The highest BCUT2D eigenvalue weighted by molar-refractivity contribution is 7.54. The molecule has 12 heteroatoms. The maximum absolute atomic E-state index is 13.2. The minimum Gasteiger partial charge on any atom is -0.374 e. The normalized spacial score (nSPS) is 14.9. The molecule has 2 unspecified atom stereocenters. The molecular weight excluding hydrogens is 318 g/mol. The molecule has 4 nitrogen and oxygen atoms in total. The third-order valence-electron chi connectivity index (χ3n) is 1.59. The summed E-state index contributed by atoms with van der Waals surface area (Å²) in [7, 11) is -3.60. The summed E-state index contributed by atoms with van der Waals surface area (Å²) in [6, 6.07) is 0. The molecule has 0 amide bonds. The molecule has 1 heterocycles. The van der Waals surface area contributed by atoms with Crippen LogP contribution < -0.4 is 4.84 Å². The zero-order valence-electron chi connectivity index (χ0n) is 8.95. The van der Waals surface area contributed by atoms with Crippen molar-refractivity contribution < 1.29 is 26.8 Å². The first kappa shape index (κ1) is 15.5. The minimum absolute atomic E-state index is 0.0656. The van der Waals surface area contributed by atoms with Crippen molar-refractivity contribution in [2.24, 2.45) is 0 Å². The third-order valence-corrected chi connectivity index (χ3v) is 5.84. The largest absolute Gasteiger partial charge is 0.464 e. The summed E-state index contributed by atoms with van der Waals surface area (Å²) in [6.07, 6.45) is -2.49. The molecule has 0 radical (unpaired) electrons. The molecule has 0 saturated carbocycles. The van der Waals surface area contributed by atoms with Gasteiger partial charge in [0.15, 0.2) is 16.4 Å². The van der Waals surface area contributed by atoms with Gasteiger partial charge in [-0.15, -0.1) is 4.26 Å². The van der Waals surface area contributed by atoms with Gasteiger partial charge in [-0.25, -0.2) is 0 Å². The highest BCUT2D eigenvalue weighted by Crippen LogP contribution is 2.55. The average molecular weight is 327 g/mol. The van der Waals surface area contributed by atoms with Gasteiger partial charge in [-0.05, 0) is 12.5 Å². The summed E-state index contributed by atoms with van der Waals surface area (Å²) >= 11 is 0. The summed E-state index contributed by atoms with van der Waals surface area (Å²) in [5, 5.41) is 0. The molecule has 1 aromatic heterocycles. The van der Waals surface area contributed by atoms with E-state index in [1.54, 1.807) is 6.92 Å². The van der Waals surface area contributed by atoms with Crippen LogP contribution in [-0.4, -0.2) is 19.4 Å². The number of alkyl halides is 5. The van der Waals surface area contributed by atoms with Crippen molar-refractivity contribution in [3.05, 3.63) is 12.3 Å². The molecule has 1 aromatic rings. The monoisotopic (exact) mass is 327 g/mol. The number of rotatable bonds is 4. The van der Waals surface area contributed by atoms with Crippen LogP contribution in [0.5, 0.6) is 0 Å². The van der Waals surface area contributed by atoms with Crippen molar-refractivity contribution in [1.82, 2.24) is 13.3 Å². The van der Waals surface area contributed by atoms with Gasteiger partial charge in [-0.3, -0.25) is 0 Å². The summed E-state index contributed by atoms with van der Waals surface area (Å²) in [4.78, 5) is 4.75. The van der Waals surface area contributed by atoms with Crippen molar-refractivity contribution in [3.63, 3.8) is 0 Å². The quantitative estimate of drug-likeness (QED) is 0.658. The van der Waals surface area contributed by atoms with Crippen molar-refractivity contribution in [2.75, 3.05) is 0 Å². The first-order chi connectivity index (χ1) is 8.30. The first-order valence-corrected chi connectivity index (χ1v) is 7.62. The second-order valence-electron chi connectivity index (χ2n) is 2.90. The van der Waals surface area contributed by atoms with Crippen LogP contribution in [0.2, 0.25) is 0 Å². The number of hydrogen-bond acceptors (Lipinski definition) is 2. The Morgan fingerprint density at radius 3 is 2.67 bits per heavy atom. The molecule has 1 N–H and O–H groups in total. The lowest BCUT2D eigenvalue weighted by Gasteiger charge is -2.21. The Bertz CT molecular complexity index is 441. The molecular formula is C6H9F5N3OP3. The highest BCUT2D eigenvalue weighted by Gasteiger charge is 2.61. The van der Waals surface area contributed by atoms with E-state index in [1.807, 2.05) is 0 Å². The van der Waals surface area contributed by atoms with Crippen LogP contribution in [-0.2, 0) is 5.66 Å². The van der Waals surface area contributed by atoms with E-state index in [0.717, 1.165) is 6.26 Å². The maximum atomic E-state index is 13.2. The van der Waals surface area contributed by atoms with Crippen LogP contribution in [0.15, 0.2) is 12.3 Å². The molecule has 18 heavy (non-hydrogen) atoms. The van der Waals surface area contributed by atoms with Gasteiger partial charge in [-0.2, -0.15) is 26.5 Å². The van der Waals surface area contributed by atoms with E-state index in [-0.39, 0.29) is 8.51 Å². The highest BCUT2D eigenvalue weighted by atomic mass is 31.2. The molecule has 0 aliphatic rings. The lowest BCUT2D eigenvalue weighted by molar-refractivity contribution is -0.264. The number of allylic oxidation sites excluding steroid dienone is 1. The molecule has 0 fully saturated rings. The lowest BCUT2D eigenvalue weighted by Crippen LogP contribution is -2.30. The summed E-state index contributed by atoms with van der Waals surface area (Å²) in [5.74, 6) is 0. The number of halogens is 5. The van der Waals surface area contributed by atoms with Crippen LogP contribution in [0.25, 0.3) is 0 Å². The van der Waals surface area contributed by atoms with E-state index in [9.17, 15) is 22.0 Å². The molecule has 0 spiro atoms. The van der Waals surface area contributed by atoms with Crippen molar-refractivity contribution in [3.8, 4) is 0 Å². The van der Waals surface area contributed by atoms with Crippen LogP contribution >= 0.6 is 24.9 Å². The second kappa shape index (κ2) is 6.09. The van der Waals surface area contributed by atoms with Crippen LogP contribution in [0.1, 0.15) is 13.3 Å². The van der Waals surface area contributed by atoms with E-state index >= 15 is 0 Å². The topological polar surface area (TPSA) is 42.8 Å². The molecule has 2 atom stereocenters. The van der Waals surface area contributed by atoms with E-state index < -0.39 is 28.2 Å². The van der Waals surface area contributed by atoms with Crippen molar-refractivity contribution >= 4 is 24.9 Å². The van der Waals surface area contributed by atoms with Gasteiger partial charge in [0, 0.05) is 8.51 Å². The molecule has 0 saturated heterocycles. The molecule has 0 aliphatic carbocycles. The predicted molar refractivity (Wildman–Crippen MR) is 61.2 cm³/mol. The van der Waals surface area contributed by atoms with Crippen LogP contribution in [0, 0.1) is 0 Å². The Balaban J connectivity index is 3.13. The Morgan fingerprint density at radius 2 is 2.11 bits per heavy atom. The Kier molecular flexibility index (Phi) is 5.26. The van der Waals surface area contributed by atoms with Gasteiger partial charge in [0.1, 0.15) is 6.26 Å². The molecule has 0 bridgehead atoms. The smallest absolute Gasteiger partial charge is 0.374 e. The van der Waals surface area contributed by atoms with Gasteiger partial charge in [-0.1, -0.05) is 6.92 Å². The number of aromatic nitrogens is 3. The number of nitrogens with zero attached hydrogens (tertiary/aromatic N) is 2. The van der Waals surface area contributed by atoms with Gasteiger partial charge < -0.3 is 9.35 Å². The Hall–Kier alpha value is -0.510. The molecule has 0 aliphatic heterocycles. The first-order valence-electron chi connectivity index (χ1n) is 4.58. The van der Waals surface area contributed by atoms with Crippen LogP contribution in [0.3, 0.4) is 0 Å². The van der Waals surface area contributed by atoms with E-state index in [4.69, 9.17) is 4.84 Å². The Morgan fingerprint density at radius 1 is 1.44 bits per heavy atom. The van der Waals surface area contributed by atoms with Crippen LogP contribution in [0.4, 0.5) is 22.0 Å². The Labute approximate surface area is 103 Å². The van der Waals surface area contributed by atoms with Gasteiger partial charge in [0.2, 0.25) is 0 Å². The molecule has 0 aromatic carbocycles. The van der Waals surface area contributed by atoms with Crippen molar-refractivity contribution in [1.29, 1.82) is 0 Å². The SMILES string of the molecule is CCC=COn1pn[pH][nH]p1C(F)(F)C(F)(F)F. The summed E-state index contributed by atoms with van der Waals surface area (Å²) < 4.78 is 69.5. The number of hydrogen-bond donors (Lipinski definition) is 1. The molecule has 1 rings (SSSR count). The number of H-pyrrole nitrogens is 1. The fourth-order valence-corrected chi connectivity index (χ4v) is 5.24. The van der Waals surface area contributed by atoms with Gasteiger partial charge in [0.25, 0.3) is 0 Å². The minimum atomic E-state index is -5.63. The fourth-order valence-electron chi connectivity index (χ4n) is 0.773. The number of aromatic amines is 1. The lowest BCUT2D eigenvalue weighted by atomic mass is 10.5. The van der Waals surface area contributed by atoms with Gasteiger partial charge in [0.05, 0.1) is 0 Å². The average Bonchev–Trinajstić information content (AvgIpc) is 2.28. The summed E-state index contributed by atoms with van der Waals surface area (Å²) in [6.45, 7) is 1.77. The third kappa shape index (κ3) is 3.50. The maximum Gasteiger partial charge on any atom is 0.464 e.